The lowest BCUT2D eigenvalue weighted by Gasteiger charge is -2.16. The monoisotopic (exact) mass is 476 g/mol. The number of nitriles is 1. The first kappa shape index (κ1) is 24.6. The molecule has 36 heavy (non-hydrogen) atoms. The molecule has 180 valence electrons. The third kappa shape index (κ3) is 5.73. The molecule has 3 aromatic rings. The van der Waals surface area contributed by atoms with Gasteiger partial charge in [-0.2, -0.15) is 5.26 Å². The molecule has 0 aromatic heterocycles. The fourth-order valence-corrected chi connectivity index (χ4v) is 4.29. The first-order valence-electron chi connectivity index (χ1n) is 11.7. The van der Waals surface area contributed by atoms with Gasteiger partial charge >= 0.3 is 0 Å². The van der Waals surface area contributed by atoms with Crippen LogP contribution in [0.5, 0.6) is 11.5 Å². The molecule has 1 aliphatic rings. The Labute approximate surface area is 212 Å². The standard InChI is InChI=1S/C31H28N2O3/c1-21-17-25(18-26(19-32)31(34)33-27-11-15-28(35-3)16-12-27)22(2)30(21)24-9-13-29(14-10-24)36-20-23-7-5-4-6-8-23/h4-18,30H,20H2,1-3H3,(H,33,34)/b26-18-/t30-/m1/s1. The number of rotatable bonds is 8. The average molecular weight is 477 g/mol. The van der Waals surface area contributed by atoms with Gasteiger partial charge in [0.2, 0.25) is 0 Å². The second-order valence-electron chi connectivity index (χ2n) is 8.66. The summed E-state index contributed by atoms with van der Waals surface area (Å²) in [6.07, 6.45) is 3.70. The molecule has 1 atom stereocenters. The summed E-state index contributed by atoms with van der Waals surface area (Å²) in [6.45, 7) is 4.63. The van der Waals surface area contributed by atoms with E-state index in [-0.39, 0.29) is 11.5 Å². The SMILES string of the molecule is COc1ccc(NC(=O)/C(C#N)=C\C2=C(C)[C@H](c3ccc(OCc4ccccc4)cc3)C(C)=C2)cc1. The van der Waals surface area contributed by atoms with Gasteiger partial charge in [0.1, 0.15) is 29.7 Å². The van der Waals surface area contributed by atoms with Crippen LogP contribution in [0.4, 0.5) is 5.69 Å². The van der Waals surface area contributed by atoms with Crippen LogP contribution < -0.4 is 14.8 Å². The summed E-state index contributed by atoms with van der Waals surface area (Å²) in [5.74, 6) is 1.14. The van der Waals surface area contributed by atoms with E-state index >= 15 is 0 Å². The maximum atomic E-state index is 12.7. The van der Waals surface area contributed by atoms with Crippen LogP contribution in [-0.2, 0) is 11.4 Å². The molecule has 5 nitrogen and oxygen atoms in total. The smallest absolute Gasteiger partial charge is 0.266 e. The number of ether oxygens (including phenoxy) is 2. The largest absolute Gasteiger partial charge is 0.497 e. The summed E-state index contributed by atoms with van der Waals surface area (Å²) >= 11 is 0. The van der Waals surface area contributed by atoms with Gasteiger partial charge in [-0.15, -0.1) is 0 Å². The number of hydrogen-bond acceptors (Lipinski definition) is 4. The van der Waals surface area contributed by atoms with E-state index in [1.807, 2.05) is 61.5 Å². The Kier molecular flexibility index (Phi) is 7.67. The number of carbonyl (C=O) groups excluding carboxylic acids is 1. The molecule has 3 aromatic carbocycles. The minimum Gasteiger partial charge on any atom is -0.497 e. The van der Waals surface area contributed by atoms with E-state index in [1.165, 1.54) is 0 Å². The van der Waals surface area contributed by atoms with E-state index < -0.39 is 5.91 Å². The van der Waals surface area contributed by atoms with Gasteiger partial charge in [-0.05, 0) is 73.0 Å². The molecule has 0 radical (unpaired) electrons. The minimum atomic E-state index is -0.447. The highest BCUT2D eigenvalue weighted by atomic mass is 16.5. The Morgan fingerprint density at radius 2 is 1.64 bits per heavy atom. The number of anilines is 1. The van der Waals surface area contributed by atoms with E-state index in [0.717, 1.165) is 33.6 Å². The second-order valence-corrected chi connectivity index (χ2v) is 8.66. The van der Waals surface area contributed by atoms with E-state index in [2.05, 4.69) is 24.4 Å². The topological polar surface area (TPSA) is 71.3 Å². The lowest BCUT2D eigenvalue weighted by Crippen LogP contribution is -2.13. The zero-order valence-corrected chi connectivity index (χ0v) is 20.6. The Morgan fingerprint density at radius 3 is 2.28 bits per heavy atom. The van der Waals surface area contributed by atoms with Crippen LogP contribution in [0.25, 0.3) is 0 Å². The van der Waals surface area contributed by atoms with Crippen molar-refractivity contribution in [2.45, 2.75) is 26.4 Å². The summed E-state index contributed by atoms with van der Waals surface area (Å²) < 4.78 is 11.1. The van der Waals surface area contributed by atoms with Crippen molar-refractivity contribution in [2.75, 3.05) is 12.4 Å². The highest BCUT2D eigenvalue weighted by molar-refractivity contribution is 6.07. The van der Waals surface area contributed by atoms with Gasteiger partial charge in [-0.25, -0.2) is 0 Å². The summed E-state index contributed by atoms with van der Waals surface area (Å²) in [5, 5.41) is 12.4. The number of methoxy groups -OCH3 is 1. The normalized spacial score (nSPS) is 15.2. The molecule has 0 aliphatic heterocycles. The molecular weight excluding hydrogens is 448 g/mol. The highest BCUT2D eigenvalue weighted by Crippen LogP contribution is 2.40. The van der Waals surface area contributed by atoms with Crippen LogP contribution in [0.1, 0.15) is 30.9 Å². The number of benzene rings is 3. The summed E-state index contributed by atoms with van der Waals surface area (Å²) in [4.78, 5) is 12.7. The molecule has 0 bridgehead atoms. The van der Waals surface area contributed by atoms with Crippen LogP contribution in [0.15, 0.2) is 113 Å². The number of nitrogens with one attached hydrogen (secondary N) is 1. The van der Waals surface area contributed by atoms with Crippen LogP contribution in [0.2, 0.25) is 0 Å². The fraction of sp³-hybridized carbons (Fsp3) is 0.161. The molecule has 1 amide bonds. The molecule has 0 heterocycles. The third-order valence-electron chi connectivity index (χ3n) is 6.20. The molecule has 0 spiro atoms. The van der Waals surface area contributed by atoms with E-state index in [1.54, 1.807) is 37.5 Å². The molecule has 4 rings (SSSR count). The van der Waals surface area contributed by atoms with Crippen molar-refractivity contribution in [1.29, 1.82) is 5.26 Å². The first-order valence-corrected chi connectivity index (χ1v) is 11.7. The number of allylic oxidation sites excluding steroid dienone is 5. The Balaban J connectivity index is 1.47. The summed E-state index contributed by atoms with van der Waals surface area (Å²) in [5.41, 5.74) is 6.03. The highest BCUT2D eigenvalue weighted by Gasteiger charge is 2.24. The van der Waals surface area contributed by atoms with Crippen LogP contribution in [-0.4, -0.2) is 13.0 Å². The van der Waals surface area contributed by atoms with Crippen molar-refractivity contribution in [2.24, 2.45) is 0 Å². The van der Waals surface area contributed by atoms with Crippen molar-refractivity contribution < 1.29 is 14.3 Å². The number of carbonyl (C=O) groups is 1. The van der Waals surface area contributed by atoms with Crippen molar-refractivity contribution in [3.63, 3.8) is 0 Å². The molecule has 0 unspecified atom stereocenters. The maximum Gasteiger partial charge on any atom is 0.266 e. The van der Waals surface area contributed by atoms with E-state index in [0.29, 0.717) is 18.0 Å². The molecule has 0 fully saturated rings. The predicted molar refractivity (Wildman–Crippen MR) is 142 cm³/mol. The van der Waals surface area contributed by atoms with Gasteiger partial charge in [-0.3, -0.25) is 4.79 Å². The minimum absolute atomic E-state index is 0.0505. The van der Waals surface area contributed by atoms with E-state index in [4.69, 9.17) is 9.47 Å². The van der Waals surface area contributed by atoms with Gasteiger partial charge in [0.25, 0.3) is 5.91 Å². The van der Waals surface area contributed by atoms with Crippen molar-refractivity contribution >= 4 is 11.6 Å². The van der Waals surface area contributed by atoms with Gasteiger partial charge in [-0.1, -0.05) is 59.7 Å². The van der Waals surface area contributed by atoms with Crippen molar-refractivity contribution in [3.8, 4) is 17.6 Å². The molecule has 1 N–H and O–H groups in total. The van der Waals surface area contributed by atoms with Gasteiger partial charge in [0.15, 0.2) is 0 Å². The van der Waals surface area contributed by atoms with Crippen LogP contribution in [0, 0.1) is 11.3 Å². The van der Waals surface area contributed by atoms with E-state index in [9.17, 15) is 10.1 Å². The number of nitrogens with zero attached hydrogens (tertiary/aromatic N) is 1. The van der Waals surface area contributed by atoms with Crippen molar-refractivity contribution in [3.05, 3.63) is 124 Å². The quantitative estimate of drug-likeness (QED) is 0.289. The van der Waals surface area contributed by atoms with Crippen LogP contribution >= 0.6 is 0 Å². The lowest BCUT2D eigenvalue weighted by atomic mass is 9.89. The first-order chi connectivity index (χ1) is 17.5. The van der Waals surface area contributed by atoms with Crippen molar-refractivity contribution in [1.82, 2.24) is 0 Å². The fourth-order valence-electron chi connectivity index (χ4n) is 4.29. The zero-order valence-electron chi connectivity index (χ0n) is 20.6. The third-order valence-corrected chi connectivity index (χ3v) is 6.20. The van der Waals surface area contributed by atoms with Gasteiger partial charge in [0.05, 0.1) is 7.11 Å². The number of amides is 1. The van der Waals surface area contributed by atoms with Crippen LogP contribution in [0.3, 0.4) is 0 Å². The Hall–Kier alpha value is -4.56. The molecular formula is C31H28N2O3. The molecule has 0 saturated carbocycles. The summed E-state index contributed by atoms with van der Waals surface area (Å²) in [6, 6.07) is 27.2. The Bertz CT molecular complexity index is 1360. The zero-order chi connectivity index (χ0) is 25.5. The predicted octanol–water partition coefficient (Wildman–Crippen LogP) is 6.72. The number of hydrogen-bond donors (Lipinski definition) is 1. The molecule has 1 aliphatic carbocycles. The second kappa shape index (κ2) is 11.2. The molecule has 0 saturated heterocycles. The molecule has 5 heteroatoms. The Morgan fingerprint density at radius 1 is 0.972 bits per heavy atom. The van der Waals surface area contributed by atoms with Gasteiger partial charge < -0.3 is 14.8 Å². The summed E-state index contributed by atoms with van der Waals surface area (Å²) in [7, 11) is 1.58. The van der Waals surface area contributed by atoms with Gasteiger partial charge in [0, 0.05) is 11.6 Å². The maximum absolute atomic E-state index is 12.7. The average Bonchev–Trinajstić information content (AvgIpc) is 3.19. The lowest BCUT2D eigenvalue weighted by molar-refractivity contribution is -0.112.